The zero-order valence-electron chi connectivity index (χ0n) is 15.8. The summed E-state index contributed by atoms with van der Waals surface area (Å²) in [5.74, 6) is 1.25. The monoisotopic (exact) mass is 391 g/mol. The molecule has 6 heteroatoms. The summed E-state index contributed by atoms with van der Waals surface area (Å²) >= 11 is 0. The molecule has 1 aromatic carbocycles. The number of ether oxygens (including phenoxy) is 1. The summed E-state index contributed by atoms with van der Waals surface area (Å²) in [6.45, 7) is 0. The number of hydrogen-bond donors (Lipinski definition) is 1. The molecule has 2 aliphatic carbocycles. The summed E-state index contributed by atoms with van der Waals surface area (Å²) in [5.41, 5.74) is 0. The number of sulfonamides is 1. The highest BCUT2D eigenvalue weighted by molar-refractivity contribution is 7.89. The van der Waals surface area contributed by atoms with E-state index in [4.69, 9.17) is 0 Å². The second kappa shape index (κ2) is 9.02. The molecule has 5 nitrogen and oxygen atoms in total. The molecule has 1 aromatic rings. The van der Waals surface area contributed by atoms with Crippen LogP contribution in [-0.4, -0.2) is 27.5 Å². The molecule has 3 rings (SSSR count). The molecule has 27 heavy (non-hydrogen) atoms. The van der Waals surface area contributed by atoms with Gasteiger partial charge in [0, 0.05) is 12.5 Å². The zero-order valence-corrected chi connectivity index (χ0v) is 16.7. The van der Waals surface area contributed by atoms with Gasteiger partial charge in [0.25, 0.3) is 0 Å². The number of rotatable bonds is 9. The van der Waals surface area contributed by atoms with Gasteiger partial charge in [-0.05, 0) is 68.4 Å². The highest BCUT2D eigenvalue weighted by atomic mass is 32.2. The van der Waals surface area contributed by atoms with Crippen molar-refractivity contribution in [1.29, 1.82) is 0 Å². The maximum Gasteiger partial charge on any atom is 0.305 e. The summed E-state index contributed by atoms with van der Waals surface area (Å²) in [5, 5.41) is 0. The Balaban J connectivity index is 1.57. The smallest absolute Gasteiger partial charge is 0.305 e. The lowest BCUT2D eigenvalue weighted by Gasteiger charge is -2.31. The second-order valence-electron chi connectivity index (χ2n) is 7.63. The lowest BCUT2D eigenvalue weighted by atomic mass is 9.83. The largest absolute Gasteiger partial charge is 0.469 e. The molecule has 2 bridgehead atoms. The minimum absolute atomic E-state index is 0.0219. The average molecular weight is 392 g/mol. The molecule has 4 unspecified atom stereocenters. The number of fused-ring (bicyclic) bond motifs is 2. The van der Waals surface area contributed by atoms with Crippen LogP contribution < -0.4 is 4.72 Å². The molecule has 0 saturated heterocycles. The summed E-state index contributed by atoms with van der Waals surface area (Å²) in [7, 11) is -2.07. The number of benzene rings is 1. The van der Waals surface area contributed by atoms with Gasteiger partial charge in [-0.1, -0.05) is 30.4 Å². The molecule has 0 aromatic heterocycles. The van der Waals surface area contributed by atoms with Crippen LogP contribution in [0.3, 0.4) is 0 Å². The van der Waals surface area contributed by atoms with Crippen molar-refractivity contribution in [1.82, 2.24) is 4.72 Å². The van der Waals surface area contributed by atoms with E-state index in [1.54, 1.807) is 24.3 Å². The normalized spacial score (nSPS) is 27.3. The van der Waals surface area contributed by atoms with Gasteiger partial charge in [-0.2, -0.15) is 0 Å². The molecule has 0 amide bonds. The molecule has 0 heterocycles. The Kier molecular flexibility index (Phi) is 6.71. The first-order valence-electron chi connectivity index (χ1n) is 9.80. The van der Waals surface area contributed by atoms with Crippen LogP contribution in [0.4, 0.5) is 0 Å². The highest BCUT2D eigenvalue weighted by Gasteiger charge is 2.48. The van der Waals surface area contributed by atoms with Crippen LogP contribution in [0.25, 0.3) is 0 Å². The molecular weight excluding hydrogens is 362 g/mol. The first kappa shape index (κ1) is 20.1. The SMILES string of the molecule is COC(=O)CCCC=CCC1C2CCC(C2)C1NS(=O)(=O)c1ccccc1. The van der Waals surface area contributed by atoms with E-state index in [0.717, 1.165) is 32.1 Å². The number of hydrogen-bond acceptors (Lipinski definition) is 4. The molecule has 0 spiro atoms. The number of methoxy groups -OCH3 is 1. The molecule has 2 aliphatic rings. The molecule has 1 N–H and O–H groups in total. The quantitative estimate of drug-likeness (QED) is 0.396. The minimum atomic E-state index is -3.48. The summed E-state index contributed by atoms with van der Waals surface area (Å²) < 4.78 is 33.1. The number of carbonyl (C=O) groups excluding carboxylic acids is 1. The van der Waals surface area contributed by atoms with Gasteiger partial charge in [0.05, 0.1) is 12.0 Å². The Hall–Kier alpha value is -1.66. The van der Waals surface area contributed by atoms with Crippen molar-refractivity contribution in [2.45, 2.75) is 55.9 Å². The predicted molar refractivity (Wildman–Crippen MR) is 104 cm³/mol. The standard InChI is InChI=1S/C21H29NO4S/c1-26-20(23)12-8-3-2-7-11-19-16-13-14-17(15-16)21(19)22-27(24,25)18-9-5-4-6-10-18/h2,4-7,9-10,16-17,19,21-22H,3,8,11-15H2,1H3. The van der Waals surface area contributed by atoms with Crippen molar-refractivity contribution in [3.63, 3.8) is 0 Å². The minimum Gasteiger partial charge on any atom is -0.469 e. The van der Waals surface area contributed by atoms with E-state index < -0.39 is 10.0 Å². The number of allylic oxidation sites excluding steroid dienone is 2. The van der Waals surface area contributed by atoms with Crippen molar-refractivity contribution in [3.8, 4) is 0 Å². The Bertz CT molecular complexity index is 760. The van der Waals surface area contributed by atoms with Crippen LogP contribution in [0, 0.1) is 17.8 Å². The summed E-state index contributed by atoms with van der Waals surface area (Å²) in [4.78, 5) is 11.5. The molecule has 2 fully saturated rings. The first-order chi connectivity index (χ1) is 13.0. The number of carbonyl (C=O) groups is 1. The zero-order chi connectivity index (χ0) is 19.3. The van der Waals surface area contributed by atoms with Gasteiger partial charge in [0.2, 0.25) is 10.0 Å². The van der Waals surface area contributed by atoms with E-state index in [1.165, 1.54) is 13.5 Å². The van der Waals surface area contributed by atoms with E-state index in [1.807, 2.05) is 6.07 Å². The van der Waals surface area contributed by atoms with Crippen molar-refractivity contribution in [3.05, 3.63) is 42.5 Å². The van der Waals surface area contributed by atoms with Crippen LogP contribution in [0.1, 0.15) is 44.9 Å². The van der Waals surface area contributed by atoms with Gasteiger partial charge in [-0.3, -0.25) is 4.79 Å². The average Bonchev–Trinajstić information content (AvgIpc) is 3.27. The molecule has 2 saturated carbocycles. The lowest BCUT2D eigenvalue weighted by molar-refractivity contribution is -0.140. The van der Waals surface area contributed by atoms with Gasteiger partial charge in [0.1, 0.15) is 0 Å². The van der Waals surface area contributed by atoms with Gasteiger partial charge in [-0.25, -0.2) is 13.1 Å². The second-order valence-corrected chi connectivity index (χ2v) is 9.35. The molecule has 4 atom stereocenters. The van der Waals surface area contributed by atoms with E-state index in [2.05, 4.69) is 21.6 Å². The maximum atomic E-state index is 12.7. The molecular formula is C21H29NO4S. The van der Waals surface area contributed by atoms with Crippen molar-refractivity contribution < 1.29 is 17.9 Å². The van der Waals surface area contributed by atoms with Gasteiger partial charge >= 0.3 is 5.97 Å². The number of esters is 1. The third kappa shape index (κ3) is 4.99. The van der Waals surface area contributed by atoms with Crippen molar-refractivity contribution in [2.75, 3.05) is 7.11 Å². The first-order valence-corrected chi connectivity index (χ1v) is 11.3. The predicted octanol–water partition coefficient (Wildman–Crippen LogP) is 3.67. The Morgan fingerprint density at radius 2 is 1.93 bits per heavy atom. The topological polar surface area (TPSA) is 72.5 Å². The Labute approximate surface area is 162 Å². The van der Waals surface area contributed by atoms with E-state index >= 15 is 0 Å². The summed E-state index contributed by atoms with van der Waals surface area (Å²) in [6.07, 6.45) is 10.7. The van der Waals surface area contributed by atoms with E-state index in [0.29, 0.717) is 29.1 Å². The van der Waals surface area contributed by atoms with Gasteiger partial charge < -0.3 is 4.74 Å². The third-order valence-corrected chi connectivity index (χ3v) is 7.46. The van der Waals surface area contributed by atoms with Gasteiger partial charge in [-0.15, -0.1) is 0 Å². The number of nitrogens with one attached hydrogen (secondary N) is 1. The fourth-order valence-corrected chi connectivity index (χ4v) is 5.99. The summed E-state index contributed by atoms with van der Waals surface area (Å²) in [6, 6.07) is 8.64. The van der Waals surface area contributed by atoms with E-state index in [9.17, 15) is 13.2 Å². The molecule has 0 radical (unpaired) electrons. The van der Waals surface area contributed by atoms with Crippen LogP contribution in [0.2, 0.25) is 0 Å². The Morgan fingerprint density at radius 3 is 2.67 bits per heavy atom. The molecule has 148 valence electrons. The number of unbranched alkanes of at least 4 members (excludes halogenated alkanes) is 1. The fraction of sp³-hybridized carbons (Fsp3) is 0.571. The van der Waals surface area contributed by atoms with Crippen LogP contribution in [0.5, 0.6) is 0 Å². The van der Waals surface area contributed by atoms with Crippen molar-refractivity contribution >= 4 is 16.0 Å². The fourth-order valence-electron chi connectivity index (χ4n) is 4.62. The highest BCUT2D eigenvalue weighted by Crippen LogP contribution is 2.50. The van der Waals surface area contributed by atoms with E-state index in [-0.39, 0.29) is 12.0 Å². The van der Waals surface area contributed by atoms with Crippen LogP contribution in [-0.2, 0) is 19.6 Å². The molecule has 0 aliphatic heterocycles. The van der Waals surface area contributed by atoms with Crippen molar-refractivity contribution in [2.24, 2.45) is 17.8 Å². The maximum absolute atomic E-state index is 12.7. The lowest BCUT2D eigenvalue weighted by Crippen LogP contribution is -2.43. The van der Waals surface area contributed by atoms with Crippen LogP contribution in [0.15, 0.2) is 47.4 Å². The van der Waals surface area contributed by atoms with Gasteiger partial charge in [0.15, 0.2) is 0 Å². The third-order valence-electron chi connectivity index (χ3n) is 5.99. The van der Waals surface area contributed by atoms with Crippen LogP contribution >= 0.6 is 0 Å². The Morgan fingerprint density at radius 1 is 1.19 bits per heavy atom.